The van der Waals surface area contributed by atoms with Crippen LogP contribution in [-0.4, -0.2) is 49.8 Å². The van der Waals surface area contributed by atoms with Crippen LogP contribution >= 0.6 is 0 Å². The Morgan fingerprint density at radius 2 is 1.95 bits per heavy atom. The van der Waals surface area contributed by atoms with Crippen LogP contribution in [-0.2, 0) is 15.7 Å². The molecule has 0 radical (unpaired) electrons. The summed E-state index contributed by atoms with van der Waals surface area (Å²) < 4.78 is 80.5. The maximum Gasteiger partial charge on any atom is 0.437 e. The van der Waals surface area contributed by atoms with Crippen molar-refractivity contribution in [1.82, 2.24) is 19.5 Å². The Kier molecular flexibility index (Phi) is 7.16. The van der Waals surface area contributed by atoms with Gasteiger partial charge in [-0.15, -0.1) is 0 Å². The zero-order valence-electron chi connectivity index (χ0n) is 19.2. The van der Waals surface area contributed by atoms with E-state index in [1.54, 1.807) is 0 Å². The lowest BCUT2D eigenvalue weighted by molar-refractivity contribution is -0.151. The molecule has 198 valence electrons. The first-order valence-electron chi connectivity index (χ1n) is 11.1. The molecular formula is C22H20F5N5O5. The molecule has 0 bridgehead atoms. The Hall–Kier alpha value is -4.01. The quantitative estimate of drug-likeness (QED) is 0.276. The van der Waals surface area contributed by atoms with Gasteiger partial charge in [-0.2, -0.15) is 23.0 Å². The van der Waals surface area contributed by atoms with E-state index in [0.717, 1.165) is 37.2 Å². The second-order valence-corrected chi connectivity index (χ2v) is 7.91. The van der Waals surface area contributed by atoms with Crippen molar-refractivity contribution >= 4 is 17.6 Å². The van der Waals surface area contributed by atoms with Gasteiger partial charge in [0.15, 0.2) is 22.9 Å². The number of esters is 1. The van der Waals surface area contributed by atoms with Gasteiger partial charge < -0.3 is 20.0 Å². The maximum atomic E-state index is 14.2. The average Bonchev–Trinajstić information content (AvgIpc) is 3.40. The maximum absolute atomic E-state index is 14.2. The number of aromatic nitrogens is 4. The van der Waals surface area contributed by atoms with Crippen LogP contribution in [0.15, 0.2) is 24.4 Å². The van der Waals surface area contributed by atoms with E-state index < -0.39 is 69.1 Å². The smallest absolute Gasteiger partial charge is 0.437 e. The molecule has 1 aliphatic rings. The molecule has 1 aliphatic heterocycles. The number of amides is 1. The summed E-state index contributed by atoms with van der Waals surface area (Å²) in [7, 11) is 0. The number of nitrogens with zero attached hydrogens (tertiary/aromatic N) is 4. The van der Waals surface area contributed by atoms with Crippen LogP contribution in [0.3, 0.4) is 0 Å². The number of hydrogen-bond acceptors (Lipinski definition) is 7. The Labute approximate surface area is 205 Å². The van der Waals surface area contributed by atoms with Gasteiger partial charge in [-0.3, -0.25) is 4.79 Å². The summed E-state index contributed by atoms with van der Waals surface area (Å²) in [5.74, 6) is -5.99. The van der Waals surface area contributed by atoms with Gasteiger partial charge in [0.1, 0.15) is 23.4 Å². The molecule has 1 unspecified atom stereocenters. The lowest BCUT2D eigenvalue weighted by Gasteiger charge is -2.22. The third-order valence-electron chi connectivity index (χ3n) is 5.42. The van der Waals surface area contributed by atoms with Crippen LogP contribution in [0.1, 0.15) is 59.0 Å². The van der Waals surface area contributed by atoms with E-state index in [0.29, 0.717) is 13.0 Å². The highest BCUT2D eigenvalue weighted by atomic mass is 19.4. The number of anilines is 1. The van der Waals surface area contributed by atoms with Crippen LogP contribution in [0.4, 0.5) is 27.6 Å². The van der Waals surface area contributed by atoms with Crippen molar-refractivity contribution < 1.29 is 46.2 Å². The van der Waals surface area contributed by atoms with E-state index >= 15 is 0 Å². The number of rotatable bonds is 6. The molecule has 4 rings (SSSR count). The second-order valence-electron chi connectivity index (χ2n) is 7.91. The standard InChI is InChI=1S/C22H20F5N5O5/c1-2-36-21(34)17-18(22(25,26)27)32(35)19(29-17)16-13(10-31(30-16)14-8-3-4-9-37-14)28-20(33)15-11(23)6-5-7-12(15)24/h5-7,10,14,35H,2-4,8-9H2,1H3,(H,28,33). The number of nitrogens with one attached hydrogen (secondary N) is 1. The summed E-state index contributed by atoms with van der Waals surface area (Å²) in [6.45, 7) is 1.46. The van der Waals surface area contributed by atoms with Crippen molar-refractivity contribution in [2.24, 2.45) is 0 Å². The van der Waals surface area contributed by atoms with Gasteiger partial charge in [0.2, 0.25) is 0 Å². The fraction of sp³-hybridized carbons (Fsp3) is 0.364. The van der Waals surface area contributed by atoms with E-state index in [1.165, 1.54) is 11.6 Å². The fourth-order valence-corrected chi connectivity index (χ4v) is 3.79. The largest absolute Gasteiger partial charge is 0.461 e. The van der Waals surface area contributed by atoms with Crippen molar-refractivity contribution in [3.05, 3.63) is 53.0 Å². The van der Waals surface area contributed by atoms with Gasteiger partial charge in [-0.05, 0) is 38.3 Å². The number of hydrogen-bond donors (Lipinski definition) is 2. The molecule has 3 heterocycles. The molecule has 15 heteroatoms. The minimum absolute atomic E-state index is 0.271. The Bertz CT molecular complexity index is 1310. The summed E-state index contributed by atoms with van der Waals surface area (Å²) in [4.78, 5) is 28.5. The molecule has 1 amide bonds. The lowest BCUT2D eigenvalue weighted by atomic mass is 10.2. The highest BCUT2D eigenvalue weighted by Gasteiger charge is 2.44. The molecule has 37 heavy (non-hydrogen) atoms. The summed E-state index contributed by atoms with van der Waals surface area (Å²) in [5.41, 5.74) is -4.91. The summed E-state index contributed by atoms with van der Waals surface area (Å²) in [6.07, 6.45) is -2.80. The molecule has 0 aliphatic carbocycles. The number of benzene rings is 1. The number of ether oxygens (including phenoxy) is 2. The summed E-state index contributed by atoms with van der Waals surface area (Å²) >= 11 is 0. The van der Waals surface area contributed by atoms with E-state index in [-0.39, 0.29) is 12.3 Å². The predicted molar refractivity (Wildman–Crippen MR) is 115 cm³/mol. The van der Waals surface area contributed by atoms with Crippen LogP contribution < -0.4 is 5.32 Å². The zero-order valence-corrected chi connectivity index (χ0v) is 19.2. The fourth-order valence-electron chi connectivity index (χ4n) is 3.79. The first-order chi connectivity index (χ1) is 17.5. The lowest BCUT2D eigenvalue weighted by Crippen LogP contribution is -2.19. The molecule has 1 saturated heterocycles. The number of carbonyl (C=O) groups excluding carboxylic acids is 2. The number of carbonyl (C=O) groups is 2. The summed E-state index contributed by atoms with van der Waals surface area (Å²) in [6, 6.07) is 2.74. The van der Waals surface area contributed by atoms with E-state index in [4.69, 9.17) is 4.74 Å². The third kappa shape index (κ3) is 5.12. The van der Waals surface area contributed by atoms with Gasteiger partial charge in [0.05, 0.1) is 18.5 Å². The van der Waals surface area contributed by atoms with Gasteiger partial charge in [0.25, 0.3) is 5.91 Å². The van der Waals surface area contributed by atoms with Gasteiger partial charge in [0, 0.05) is 6.61 Å². The van der Waals surface area contributed by atoms with Crippen molar-refractivity contribution in [2.75, 3.05) is 18.5 Å². The third-order valence-corrected chi connectivity index (χ3v) is 5.42. The second kappa shape index (κ2) is 10.2. The van der Waals surface area contributed by atoms with Gasteiger partial charge in [-0.1, -0.05) is 6.07 Å². The van der Waals surface area contributed by atoms with Gasteiger partial charge >= 0.3 is 12.1 Å². The summed E-state index contributed by atoms with van der Waals surface area (Å²) in [5, 5.41) is 16.7. The molecule has 2 aromatic heterocycles. The van der Waals surface area contributed by atoms with Crippen molar-refractivity contribution in [1.29, 1.82) is 0 Å². The minimum atomic E-state index is -5.24. The van der Waals surface area contributed by atoms with E-state index in [1.807, 2.05) is 0 Å². The van der Waals surface area contributed by atoms with Crippen LogP contribution in [0.5, 0.6) is 0 Å². The Balaban J connectivity index is 1.85. The number of halogens is 5. The van der Waals surface area contributed by atoms with Gasteiger partial charge in [-0.25, -0.2) is 23.2 Å². The first-order valence-corrected chi connectivity index (χ1v) is 11.1. The Morgan fingerprint density at radius 1 is 1.24 bits per heavy atom. The predicted octanol–water partition coefficient (Wildman–Crippen LogP) is 4.41. The van der Waals surface area contributed by atoms with E-state index in [9.17, 15) is 36.7 Å². The molecular weight excluding hydrogens is 509 g/mol. The molecule has 0 saturated carbocycles. The Morgan fingerprint density at radius 3 is 2.54 bits per heavy atom. The van der Waals surface area contributed by atoms with Crippen molar-refractivity contribution in [2.45, 2.75) is 38.6 Å². The monoisotopic (exact) mass is 529 g/mol. The molecule has 3 aromatic rings. The molecule has 1 atom stereocenters. The van der Waals surface area contributed by atoms with Crippen LogP contribution in [0, 0.1) is 11.6 Å². The topological polar surface area (TPSA) is 121 Å². The normalized spacial score (nSPS) is 16.0. The molecule has 0 spiro atoms. The molecule has 2 N–H and O–H groups in total. The van der Waals surface area contributed by atoms with Crippen molar-refractivity contribution in [3.8, 4) is 11.5 Å². The van der Waals surface area contributed by atoms with E-state index in [2.05, 4.69) is 20.1 Å². The number of alkyl halides is 3. The first kappa shape index (κ1) is 26.1. The number of imidazole rings is 1. The molecule has 10 nitrogen and oxygen atoms in total. The molecule has 1 aromatic carbocycles. The molecule has 1 fully saturated rings. The highest BCUT2D eigenvalue weighted by molar-refractivity contribution is 6.06. The SMILES string of the molecule is CCOC(=O)c1nc(-c2nn(C3CCCCO3)cc2NC(=O)c2c(F)cccc2F)n(O)c1C(F)(F)F. The average molecular weight is 529 g/mol. The highest BCUT2D eigenvalue weighted by Crippen LogP contribution is 2.37. The minimum Gasteiger partial charge on any atom is -0.461 e. The van der Waals surface area contributed by atoms with Crippen LogP contribution in [0.2, 0.25) is 0 Å². The van der Waals surface area contributed by atoms with Crippen LogP contribution in [0.25, 0.3) is 11.5 Å². The zero-order chi connectivity index (χ0) is 26.9. The van der Waals surface area contributed by atoms with Crippen molar-refractivity contribution in [3.63, 3.8) is 0 Å².